The van der Waals surface area contributed by atoms with Crippen LogP contribution in [-0.4, -0.2) is 17.3 Å². The predicted molar refractivity (Wildman–Crippen MR) is 61.9 cm³/mol. The molecule has 0 radical (unpaired) electrons. The number of fused-ring (bicyclic) bond motifs is 2. The molecule has 2 nitrogen and oxygen atoms in total. The SMILES string of the molecule is C[C@H](Cl)C(=O)N[C@@H](C)[C@@H]1C[C@H]2CC[C@H]1C2. The zero-order valence-electron chi connectivity index (χ0n) is 9.50. The maximum Gasteiger partial charge on any atom is 0.237 e. The van der Waals surface area contributed by atoms with Crippen molar-refractivity contribution in [3.8, 4) is 0 Å². The molecule has 86 valence electrons. The van der Waals surface area contributed by atoms with Gasteiger partial charge >= 0.3 is 0 Å². The van der Waals surface area contributed by atoms with Gasteiger partial charge in [0.1, 0.15) is 5.38 Å². The second kappa shape index (κ2) is 4.32. The van der Waals surface area contributed by atoms with E-state index in [9.17, 15) is 4.79 Å². The summed E-state index contributed by atoms with van der Waals surface area (Å²) in [4.78, 5) is 11.5. The van der Waals surface area contributed by atoms with Crippen molar-refractivity contribution < 1.29 is 4.79 Å². The summed E-state index contributed by atoms with van der Waals surface area (Å²) in [5.41, 5.74) is 0. The van der Waals surface area contributed by atoms with Crippen LogP contribution in [0.15, 0.2) is 0 Å². The van der Waals surface area contributed by atoms with Crippen molar-refractivity contribution >= 4 is 17.5 Å². The van der Waals surface area contributed by atoms with Gasteiger partial charge in [0, 0.05) is 6.04 Å². The molecule has 5 atom stereocenters. The third kappa shape index (κ3) is 2.30. The van der Waals surface area contributed by atoms with Crippen molar-refractivity contribution in [1.82, 2.24) is 5.32 Å². The molecule has 0 unspecified atom stereocenters. The number of hydrogen-bond donors (Lipinski definition) is 1. The van der Waals surface area contributed by atoms with E-state index < -0.39 is 5.38 Å². The molecule has 0 aromatic heterocycles. The van der Waals surface area contributed by atoms with Crippen LogP contribution >= 0.6 is 11.6 Å². The standard InChI is InChI=1S/C12H20ClNO/c1-7(13)12(15)14-8(2)11-6-9-3-4-10(11)5-9/h7-11H,3-6H2,1-2H3,(H,14,15)/t7-,8-,9-,10-,11-/m0/s1. The van der Waals surface area contributed by atoms with Crippen molar-refractivity contribution in [2.45, 2.75) is 50.9 Å². The molecule has 15 heavy (non-hydrogen) atoms. The Morgan fingerprint density at radius 1 is 1.33 bits per heavy atom. The van der Waals surface area contributed by atoms with E-state index in [0.717, 1.165) is 11.8 Å². The third-order valence-electron chi connectivity index (χ3n) is 4.17. The maximum absolute atomic E-state index is 11.5. The van der Waals surface area contributed by atoms with Gasteiger partial charge in [0.2, 0.25) is 5.91 Å². The van der Waals surface area contributed by atoms with Gasteiger partial charge in [-0.2, -0.15) is 0 Å². The van der Waals surface area contributed by atoms with Gasteiger partial charge in [0.05, 0.1) is 0 Å². The first kappa shape index (κ1) is 11.3. The molecule has 1 amide bonds. The Bertz CT molecular complexity index is 254. The van der Waals surface area contributed by atoms with E-state index >= 15 is 0 Å². The molecule has 0 heterocycles. The van der Waals surface area contributed by atoms with Crippen LogP contribution in [0.4, 0.5) is 0 Å². The fourth-order valence-corrected chi connectivity index (χ4v) is 3.42. The Morgan fingerprint density at radius 3 is 2.53 bits per heavy atom. The molecule has 2 aliphatic carbocycles. The highest BCUT2D eigenvalue weighted by Gasteiger charge is 2.42. The van der Waals surface area contributed by atoms with Crippen molar-refractivity contribution in [3.05, 3.63) is 0 Å². The van der Waals surface area contributed by atoms with Crippen LogP contribution in [0.3, 0.4) is 0 Å². The minimum Gasteiger partial charge on any atom is -0.352 e. The zero-order chi connectivity index (χ0) is 11.0. The van der Waals surface area contributed by atoms with Gasteiger partial charge in [0.25, 0.3) is 0 Å². The van der Waals surface area contributed by atoms with Crippen LogP contribution in [-0.2, 0) is 4.79 Å². The third-order valence-corrected chi connectivity index (χ3v) is 4.36. The molecule has 2 saturated carbocycles. The summed E-state index contributed by atoms with van der Waals surface area (Å²) in [5, 5.41) is 2.62. The van der Waals surface area contributed by atoms with Crippen LogP contribution in [0.5, 0.6) is 0 Å². The van der Waals surface area contributed by atoms with Gasteiger partial charge in [-0.25, -0.2) is 0 Å². The number of carbonyl (C=O) groups is 1. The molecule has 0 saturated heterocycles. The Morgan fingerprint density at radius 2 is 2.07 bits per heavy atom. The van der Waals surface area contributed by atoms with Crippen molar-refractivity contribution in [3.63, 3.8) is 0 Å². The van der Waals surface area contributed by atoms with Gasteiger partial charge in [0.15, 0.2) is 0 Å². The summed E-state index contributed by atoms with van der Waals surface area (Å²) in [6, 6.07) is 0.300. The molecule has 0 aliphatic heterocycles. The van der Waals surface area contributed by atoms with Crippen molar-refractivity contribution in [2.24, 2.45) is 17.8 Å². The number of rotatable bonds is 3. The van der Waals surface area contributed by atoms with E-state index in [-0.39, 0.29) is 5.91 Å². The van der Waals surface area contributed by atoms with Gasteiger partial charge in [-0.15, -0.1) is 11.6 Å². The number of nitrogens with one attached hydrogen (secondary N) is 1. The highest BCUT2D eigenvalue weighted by atomic mass is 35.5. The van der Waals surface area contributed by atoms with Gasteiger partial charge in [-0.3, -0.25) is 4.79 Å². The monoisotopic (exact) mass is 229 g/mol. The van der Waals surface area contributed by atoms with Crippen molar-refractivity contribution in [1.29, 1.82) is 0 Å². The van der Waals surface area contributed by atoms with E-state index in [1.165, 1.54) is 25.7 Å². The second-order valence-corrected chi connectivity index (χ2v) is 5.91. The molecular weight excluding hydrogens is 210 g/mol. The highest BCUT2D eigenvalue weighted by molar-refractivity contribution is 6.30. The van der Waals surface area contributed by atoms with Crippen LogP contribution in [0.25, 0.3) is 0 Å². The summed E-state index contributed by atoms with van der Waals surface area (Å²) in [7, 11) is 0. The van der Waals surface area contributed by atoms with Crippen LogP contribution in [0, 0.1) is 17.8 Å². The Balaban J connectivity index is 1.86. The molecule has 2 fully saturated rings. The van der Waals surface area contributed by atoms with Crippen molar-refractivity contribution in [2.75, 3.05) is 0 Å². The lowest BCUT2D eigenvalue weighted by atomic mass is 9.84. The molecule has 1 N–H and O–H groups in total. The second-order valence-electron chi connectivity index (χ2n) is 5.25. The number of alkyl halides is 1. The highest BCUT2D eigenvalue weighted by Crippen LogP contribution is 2.49. The topological polar surface area (TPSA) is 29.1 Å². The maximum atomic E-state index is 11.5. The normalized spacial score (nSPS) is 37.7. The number of halogens is 1. The summed E-state index contributed by atoms with van der Waals surface area (Å²) in [6.45, 7) is 3.85. The van der Waals surface area contributed by atoms with E-state index in [1.807, 2.05) is 0 Å². The lowest BCUT2D eigenvalue weighted by Gasteiger charge is -2.28. The first-order valence-corrected chi connectivity index (χ1v) is 6.46. The largest absolute Gasteiger partial charge is 0.352 e. The molecular formula is C12H20ClNO. The zero-order valence-corrected chi connectivity index (χ0v) is 10.3. The quantitative estimate of drug-likeness (QED) is 0.741. The molecule has 0 aromatic rings. The smallest absolute Gasteiger partial charge is 0.237 e. The summed E-state index contributed by atoms with van der Waals surface area (Å²) in [6.07, 6.45) is 5.48. The summed E-state index contributed by atoms with van der Waals surface area (Å²) >= 11 is 5.75. The fraction of sp³-hybridized carbons (Fsp3) is 0.917. The van der Waals surface area contributed by atoms with E-state index in [4.69, 9.17) is 11.6 Å². The molecule has 0 spiro atoms. The molecule has 3 heteroatoms. The minimum atomic E-state index is -0.411. The lowest BCUT2D eigenvalue weighted by molar-refractivity contribution is -0.121. The van der Waals surface area contributed by atoms with Gasteiger partial charge in [-0.1, -0.05) is 6.42 Å². The Kier molecular flexibility index (Phi) is 3.24. The van der Waals surface area contributed by atoms with Gasteiger partial charge in [-0.05, 0) is 50.9 Å². The van der Waals surface area contributed by atoms with Gasteiger partial charge < -0.3 is 5.32 Å². The van der Waals surface area contributed by atoms with E-state index in [2.05, 4.69) is 12.2 Å². The molecule has 2 bridgehead atoms. The number of amides is 1. The predicted octanol–water partition coefficient (Wildman–Crippen LogP) is 2.55. The molecule has 0 aromatic carbocycles. The first-order valence-electron chi connectivity index (χ1n) is 6.02. The average molecular weight is 230 g/mol. The van der Waals surface area contributed by atoms with E-state index in [1.54, 1.807) is 6.92 Å². The average Bonchev–Trinajstić information content (AvgIpc) is 2.78. The molecule has 2 rings (SSSR count). The lowest BCUT2D eigenvalue weighted by Crippen LogP contribution is -2.42. The Labute approximate surface area is 96.8 Å². The number of hydrogen-bond acceptors (Lipinski definition) is 1. The van der Waals surface area contributed by atoms with Crippen LogP contribution in [0.2, 0.25) is 0 Å². The molecule has 2 aliphatic rings. The summed E-state index contributed by atoms with van der Waals surface area (Å²) < 4.78 is 0. The minimum absolute atomic E-state index is 0.0214. The number of carbonyl (C=O) groups excluding carboxylic acids is 1. The summed E-state index contributed by atoms with van der Waals surface area (Å²) in [5.74, 6) is 2.47. The fourth-order valence-electron chi connectivity index (χ4n) is 3.35. The Hall–Kier alpha value is -0.240. The first-order chi connectivity index (χ1) is 7.08. The van der Waals surface area contributed by atoms with Crippen LogP contribution in [0.1, 0.15) is 39.5 Å². The van der Waals surface area contributed by atoms with Crippen LogP contribution < -0.4 is 5.32 Å². The van der Waals surface area contributed by atoms with E-state index in [0.29, 0.717) is 12.0 Å².